The summed E-state index contributed by atoms with van der Waals surface area (Å²) in [6.45, 7) is 2.43. The molecule has 194 valence electrons. The lowest BCUT2D eigenvalue weighted by atomic mass is 9.86. The topological polar surface area (TPSA) is 119 Å². The van der Waals surface area contributed by atoms with Crippen LogP contribution in [-0.4, -0.2) is 57.1 Å². The zero-order chi connectivity index (χ0) is 25.4. The zero-order valence-electron chi connectivity index (χ0n) is 20.6. The Labute approximate surface area is 207 Å². The van der Waals surface area contributed by atoms with Gasteiger partial charge in [-0.2, -0.15) is 0 Å². The SMILES string of the molecule is CCOC(=O)CCCN1C(=O)c2cc(NS(C)(=O)=O)c(OCCCCC3CCCCC3)cc2C1=O. The highest BCUT2D eigenvalue weighted by atomic mass is 32.2. The number of fused-ring (bicyclic) bond motifs is 1. The average Bonchev–Trinajstić information content (AvgIpc) is 3.03. The smallest absolute Gasteiger partial charge is 0.305 e. The molecule has 35 heavy (non-hydrogen) atoms. The predicted molar refractivity (Wildman–Crippen MR) is 132 cm³/mol. The van der Waals surface area contributed by atoms with Crippen LogP contribution in [0.5, 0.6) is 5.75 Å². The lowest BCUT2D eigenvalue weighted by Crippen LogP contribution is -2.31. The van der Waals surface area contributed by atoms with Crippen LogP contribution in [0.15, 0.2) is 12.1 Å². The summed E-state index contributed by atoms with van der Waals surface area (Å²) >= 11 is 0. The molecule has 1 heterocycles. The van der Waals surface area contributed by atoms with E-state index in [1.165, 1.54) is 44.2 Å². The molecule has 0 unspecified atom stereocenters. The minimum absolute atomic E-state index is 0.0668. The van der Waals surface area contributed by atoms with Crippen LogP contribution in [-0.2, 0) is 19.6 Å². The van der Waals surface area contributed by atoms with Crippen molar-refractivity contribution in [2.24, 2.45) is 5.92 Å². The Balaban J connectivity index is 1.65. The van der Waals surface area contributed by atoms with E-state index in [1.54, 1.807) is 6.92 Å². The number of amides is 2. The van der Waals surface area contributed by atoms with Crippen LogP contribution >= 0.6 is 0 Å². The van der Waals surface area contributed by atoms with Crippen molar-refractivity contribution in [2.75, 3.05) is 30.7 Å². The number of hydrogen-bond acceptors (Lipinski definition) is 7. The third-order valence-corrected chi connectivity index (χ3v) is 7.01. The molecule has 1 fully saturated rings. The quantitative estimate of drug-likeness (QED) is 0.242. The van der Waals surface area contributed by atoms with Crippen molar-refractivity contribution in [3.8, 4) is 5.75 Å². The van der Waals surface area contributed by atoms with Gasteiger partial charge in [0.25, 0.3) is 11.8 Å². The summed E-state index contributed by atoms with van der Waals surface area (Å²) in [5.74, 6) is -0.389. The maximum atomic E-state index is 12.9. The Hall–Kier alpha value is -2.62. The van der Waals surface area contributed by atoms with Crippen molar-refractivity contribution in [1.29, 1.82) is 0 Å². The number of nitrogens with one attached hydrogen (secondary N) is 1. The molecule has 0 spiro atoms. The van der Waals surface area contributed by atoms with E-state index in [4.69, 9.17) is 9.47 Å². The Bertz CT molecular complexity index is 1030. The number of nitrogens with zero attached hydrogens (tertiary/aromatic N) is 1. The monoisotopic (exact) mass is 508 g/mol. The molecule has 1 aliphatic carbocycles. The van der Waals surface area contributed by atoms with E-state index in [0.717, 1.165) is 36.3 Å². The van der Waals surface area contributed by atoms with E-state index in [0.29, 0.717) is 6.61 Å². The summed E-state index contributed by atoms with van der Waals surface area (Å²) in [5, 5.41) is 0. The van der Waals surface area contributed by atoms with Crippen LogP contribution < -0.4 is 9.46 Å². The summed E-state index contributed by atoms with van der Waals surface area (Å²) in [6, 6.07) is 2.80. The fourth-order valence-corrected chi connectivity index (χ4v) is 5.29. The minimum Gasteiger partial charge on any atom is -0.491 e. The van der Waals surface area contributed by atoms with Crippen LogP contribution in [0.25, 0.3) is 0 Å². The first-order valence-electron chi connectivity index (χ1n) is 12.5. The molecule has 0 aromatic heterocycles. The van der Waals surface area contributed by atoms with Gasteiger partial charge in [0, 0.05) is 13.0 Å². The van der Waals surface area contributed by atoms with Gasteiger partial charge in [-0.3, -0.25) is 24.0 Å². The Kier molecular flexibility index (Phi) is 9.54. The van der Waals surface area contributed by atoms with Gasteiger partial charge in [0.1, 0.15) is 5.75 Å². The Morgan fingerprint density at radius 2 is 1.74 bits per heavy atom. The molecule has 9 nitrogen and oxygen atoms in total. The number of sulfonamides is 1. The lowest BCUT2D eigenvalue weighted by Gasteiger charge is -2.21. The third kappa shape index (κ3) is 7.68. The molecule has 1 saturated carbocycles. The molecule has 0 radical (unpaired) electrons. The van der Waals surface area contributed by atoms with Crippen LogP contribution in [0, 0.1) is 5.92 Å². The molecule has 1 aromatic rings. The molecule has 0 saturated heterocycles. The van der Waals surface area contributed by atoms with Gasteiger partial charge in [0.15, 0.2) is 0 Å². The van der Waals surface area contributed by atoms with E-state index >= 15 is 0 Å². The van der Waals surface area contributed by atoms with Gasteiger partial charge in [0.05, 0.1) is 36.3 Å². The van der Waals surface area contributed by atoms with E-state index in [1.807, 2.05) is 0 Å². The third-order valence-electron chi connectivity index (χ3n) is 6.42. The van der Waals surface area contributed by atoms with Crippen molar-refractivity contribution in [2.45, 2.75) is 71.1 Å². The van der Waals surface area contributed by atoms with Crippen LogP contribution in [0.1, 0.15) is 91.8 Å². The van der Waals surface area contributed by atoms with Gasteiger partial charge in [0.2, 0.25) is 10.0 Å². The van der Waals surface area contributed by atoms with Crippen LogP contribution in [0.3, 0.4) is 0 Å². The standard InChI is InChI=1S/C25H36N2O7S/c1-3-33-23(28)13-9-14-27-24(29)19-16-21(26-35(2,31)32)22(17-20(19)25(27)30)34-15-8-7-12-18-10-5-4-6-11-18/h16-18,26H,3-15H2,1-2H3. The number of esters is 1. The fourth-order valence-electron chi connectivity index (χ4n) is 4.73. The predicted octanol–water partition coefficient (Wildman–Crippen LogP) is 4.13. The average molecular weight is 509 g/mol. The zero-order valence-corrected chi connectivity index (χ0v) is 21.5. The van der Waals surface area contributed by atoms with Gasteiger partial charge < -0.3 is 9.47 Å². The molecule has 2 aliphatic rings. The molecule has 1 aliphatic heterocycles. The summed E-state index contributed by atoms with van der Waals surface area (Å²) in [6.07, 6.45) is 10.9. The molecule has 3 rings (SSSR count). The van der Waals surface area contributed by atoms with Crippen molar-refractivity contribution < 1.29 is 32.3 Å². The van der Waals surface area contributed by atoms with Crippen molar-refractivity contribution in [3.05, 3.63) is 23.3 Å². The highest BCUT2D eigenvalue weighted by molar-refractivity contribution is 7.92. The molecule has 0 bridgehead atoms. The molecule has 1 N–H and O–H groups in total. The molecular formula is C25H36N2O7S. The molecular weight excluding hydrogens is 472 g/mol. The van der Waals surface area contributed by atoms with Gasteiger partial charge in [-0.1, -0.05) is 38.5 Å². The maximum Gasteiger partial charge on any atom is 0.305 e. The van der Waals surface area contributed by atoms with Gasteiger partial charge in [-0.05, 0) is 44.2 Å². The summed E-state index contributed by atoms with van der Waals surface area (Å²) in [4.78, 5) is 38.4. The second-order valence-corrected chi connectivity index (χ2v) is 11.0. The van der Waals surface area contributed by atoms with E-state index < -0.39 is 21.8 Å². The van der Waals surface area contributed by atoms with Gasteiger partial charge in [-0.25, -0.2) is 8.42 Å². The van der Waals surface area contributed by atoms with Gasteiger partial charge in [-0.15, -0.1) is 0 Å². The number of rotatable bonds is 13. The molecule has 1 aromatic carbocycles. The normalized spacial score (nSPS) is 16.3. The second-order valence-electron chi connectivity index (χ2n) is 9.29. The van der Waals surface area contributed by atoms with E-state index in [-0.39, 0.29) is 54.5 Å². The lowest BCUT2D eigenvalue weighted by molar-refractivity contribution is -0.143. The van der Waals surface area contributed by atoms with Gasteiger partial charge >= 0.3 is 5.97 Å². The highest BCUT2D eigenvalue weighted by Crippen LogP contribution is 2.35. The van der Waals surface area contributed by atoms with Crippen molar-refractivity contribution >= 4 is 33.5 Å². The Morgan fingerprint density at radius 1 is 1.06 bits per heavy atom. The highest BCUT2D eigenvalue weighted by Gasteiger charge is 2.37. The number of imide groups is 1. The summed E-state index contributed by atoms with van der Waals surface area (Å²) in [7, 11) is -3.63. The molecule has 0 atom stereocenters. The number of carbonyl (C=O) groups is 3. The minimum atomic E-state index is -3.63. The van der Waals surface area contributed by atoms with E-state index in [2.05, 4.69) is 4.72 Å². The Morgan fingerprint density at radius 3 is 2.40 bits per heavy atom. The summed E-state index contributed by atoms with van der Waals surface area (Å²) < 4.78 is 37.0. The van der Waals surface area contributed by atoms with Crippen molar-refractivity contribution in [3.63, 3.8) is 0 Å². The van der Waals surface area contributed by atoms with Crippen LogP contribution in [0.4, 0.5) is 5.69 Å². The first kappa shape index (κ1) is 27.0. The first-order chi connectivity index (χ1) is 16.7. The number of hydrogen-bond donors (Lipinski definition) is 1. The maximum absolute atomic E-state index is 12.9. The first-order valence-corrected chi connectivity index (χ1v) is 14.4. The summed E-state index contributed by atoms with van der Waals surface area (Å²) in [5.41, 5.74) is 0.414. The number of carbonyl (C=O) groups excluding carboxylic acids is 3. The molecule has 10 heteroatoms. The number of ether oxygens (including phenoxy) is 2. The fraction of sp³-hybridized carbons (Fsp3) is 0.640. The largest absolute Gasteiger partial charge is 0.491 e. The second kappa shape index (κ2) is 12.4. The number of benzene rings is 1. The number of anilines is 1. The van der Waals surface area contributed by atoms with E-state index in [9.17, 15) is 22.8 Å². The van der Waals surface area contributed by atoms with Crippen molar-refractivity contribution in [1.82, 2.24) is 4.90 Å². The van der Waals surface area contributed by atoms with Crippen LogP contribution in [0.2, 0.25) is 0 Å². The molecule has 2 amide bonds. The number of unbranched alkanes of at least 4 members (excludes halogenated alkanes) is 1.